The van der Waals surface area contributed by atoms with Gasteiger partial charge in [-0.25, -0.2) is 0 Å². The molecule has 46 heteroatoms. The van der Waals surface area contributed by atoms with Gasteiger partial charge in [0.2, 0.25) is 88.6 Å². The number of hydrogen-bond acceptors (Lipinski definition) is 26. The molecule has 2 fully saturated rings. The number of nitrogens with one attached hydrogen (secondary N) is 14. The smallest absolute Gasteiger partial charge is 0.325 e. The summed E-state index contributed by atoms with van der Waals surface area (Å²) in [6.45, 7) is 16.3. The van der Waals surface area contributed by atoms with Gasteiger partial charge in [-0.2, -0.15) is 35.3 Å². The first-order valence-electron chi connectivity index (χ1n) is 40.6. The zero-order valence-electron chi connectivity index (χ0n) is 72.5. The monoisotopic (exact) mass is 1790 g/mol. The number of likely N-dealkylation sites (tertiary alicyclic amines) is 1. The van der Waals surface area contributed by atoms with Crippen molar-refractivity contribution in [2.24, 2.45) is 45.7 Å². The summed E-state index contributed by atoms with van der Waals surface area (Å²) in [4.78, 5) is 243. The molecule has 16 atom stereocenters. The lowest BCUT2D eigenvalue weighted by atomic mass is 9.99. The minimum Gasteiger partial charge on any atom is -0.481 e. The Kier molecular flexibility index (Phi) is 56.3. The third kappa shape index (κ3) is 45.7. The maximum atomic E-state index is 14.5. The first-order valence-corrected chi connectivity index (χ1v) is 44.8. The number of aliphatic hydroxyl groups excluding tert-OH is 2. The van der Waals surface area contributed by atoms with Crippen molar-refractivity contribution < 1.29 is 112 Å². The maximum absolute atomic E-state index is 14.5. The molecule has 27 N–H and O–H groups in total. The van der Waals surface area contributed by atoms with E-state index in [2.05, 4.69) is 79.4 Å². The molecule has 0 aromatic rings. The minimum absolute atomic E-state index is 0.00158. The maximum Gasteiger partial charge on any atom is 0.325 e. The van der Waals surface area contributed by atoms with E-state index in [0.717, 1.165) is 25.2 Å². The van der Waals surface area contributed by atoms with Gasteiger partial charge in [0.25, 0.3) is 11.9 Å². The number of carboxylic acid groups (broad SMARTS) is 3. The molecule has 0 radical (unpaired) electrons. The predicted molar refractivity (Wildman–Crippen MR) is 459 cm³/mol. The van der Waals surface area contributed by atoms with Crippen LogP contribution in [-0.2, 0) is 86.3 Å². The van der Waals surface area contributed by atoms with E-state index in [-0.39, 0.29) is 120 Å². The molecule has 0 spiro atoms. The summed E-state index contributed by atoms with van der Waals surface area (Å²) in [6.07, 6.45) is 5.47. The van der Waals surface area contributed by atoms with Crippen LogP contribution in [0.25, 0.3) is 0 Å². The lowest BCUT2D eigenvalue weighted by Gasteiger charge is -2.32. The van der Waals surface area contributed by atoms with Gasteiger partial charge in [-0.05, 0) is 184 Å². The van der Waals surface area contributed by atoms with Gasteiger partial charge in [0, 0.05) is 33.4 Å². The highest BCUT2D eigenvalue weighted by molar-refractivity contribution is 7.99. The molecule has 2 aliphatic rings. The van der Waals surface area contributed by atoms with E-state index in [1.807, 2.05) is 0 Å². The van der Waals surface area contributed by atoms with Gasteiger partial charge in [-0.15, -0.1) is 0 Å². The number of guanidine groups is 1. The Morgan fingerprint density at radius 1 is 0.451 bits per heavy atom. The fourth-order valence-corrected chi connectivity index (χ4v) is 13.7. The van der Waals surface area contributed by atoms with Crippen LogP contribution >= 0.6 is 35.3 Å². The second-order valence-electron chi connectivity index (χ2n) is 30.7. The topological polar surface area (TPSA) is 697 Å². The van der Waals surface area contributed by atoms with Crippen molar-refractivity contribution in [1.29, 1.82) is 0 Å². The van der Waals surface area contributed by atoms with E-state index in [9.17, 15) is 92.0 Å². The number of unbranched alkanes of at least 4 members (excludes halogenated alkanes) is 1. The molecule has 43 nitrogen and oxygen atoms in total. The van der Waals surface area contributed by atoms with Gasteiger partial charge in [-0.3, -0.25) is 91.3 Å². The zero-order chi connectivity index (χ0) is 93.2. The fraction of sp³-hybridized carbons (Fsp3) is 0.750. The van der Waals surface area contributed by atoms with E-state index in [4.69, 9.17) is 42.7 Å². The summed E-state index contributed by atoms with van der Waals surface area (Å²) in [7, 11) is 0. The summed E-state index contributed by atoms with van der Waals surface area (Å²) in [5.41, 5.74) is 22.3. The van der Waals surface area contributed by atoms with Gasteiger partial charge in [0.1, 0.15) is 84.6 Å². The molecule has 2 heterocycles. The third-order valence-corrected chi connectivity index (χ3v) is 20.6. The number of carboxylic acids is 3. The molecular weight excluding hydrogens is 1660 g/mol. The van der Waals surface area contributed by atoms with Gasteiger partial charge in [0.15, 0.2) is 5.96 Å². The first kappa shape index (κ1) is 113. The lowest BCUT2D eigenvalue weighted by Crippen LogP contribution is -2.62. The average molecular weight is 1790 g/mol. The Morgan fingerprint density at radius 3 is 1.23 bits per heavy atom. The number of aliphatic hydroxyl groups is 2. The van der Waals surface area contributed by atoms with Crippen molar-refractivity contribution in [1.82, 2.24) is 79.3 Å². The van der Waals surface area contributed by atoms with Crippen molar-refractivity contribution in [2.45, 2.75) is 276 Å². The van der Waals surface area contributed by atoms with Gasteiger partial charge in [-0.1, -0.05) is 41.5 Å². The number of amides is 15. The average Bonchev–Trinajstić information content (AvgIpc) is 1.59. The van der Waals surface area contributed by atoms with E-state index in [1.54, 1.807) is 60.3 Å². The van der Waals surface area contributed by atoms with Crippen molar-refractivity contribution in [3.05, 3.63) is 0 Å². The minimum atomic E-state index is -1.71. The molecule has 0 bridgehead atoms. The quantitative estimate of drug-likeness (QED) is 0.0154. The Labute approximate surface area is 725 Å². The van der Waals surface area contributed by atoms with Crippen LogP contribution in [0.15, 0.2) is 4.99 Å². The van der Waals surface area contributed by atoms with Crippen LogP contribution in [-0.4, -0.2) is 308 Å². The van der Waals surface area contributed by atoms with E-state index < -0.39 is 216 Å². The normalized spacial score (nSPS) is 16.9. The van der Waals surface area contributed by atoms with Crippen molar-refractivity contribution in [2.75, 3.05) is 68.8 Å². The molecule has 696 valence electrons. The van der Waals surface area contributed by atoms with Crippen LogP contribution < -0.4 is 97.4 Å². The molecule has 15 amide bonds. The van der Waals surface area contributed by atoms with Gasteiger partial charge < -0.3 is 128 Å². The van der Waals surface area contributed by atoms with E-state index in [1.165, 1.54) is 56.1 Å². The van der Waals surface area contributed by atoms with Crippen molar-refractivity contribution in [3.63, 3.8) is 0 Å². The van der Waals surface area contributed by atoms with Crippen LogP contribution in [0.4, 0.5) is 0 Å². The summed E-state index contributed by atoms with van der Waals surface area (Å²) in [5.74, 6) is -15.6. The SMILES string of the molecule is CC(=O)O.CC(=O)O.CSCC[C@H](NC(=O)[C@H](CCCN=C(N)N)NC(=O)[C@H](CCSC)NC(=O)[C@H](CCCCN)NC(=O)[C@H](CO)NC(=O)[C@@H](NC(=O)[C@@H]1CCCN1)C(C)C)C(=O)N[C@@H](C)C(=O)N[C@H](C(=O)N1CCC[C@H]1C(=O)N[C@@H](CC(C)C)C(=O)N[C@@H](CC(C)C)C(=O)N[C@@H](CCSC)C(=O)N[C@@H](CCC(N)=O)C(=O)N[C@@H](C)C(=O)O)[C@@H](C)O. The highest BCUT2D eigenvalue weighted by Crippen LogP contribution is 2.22. The number of nitrogens with two attached hydrogens (primary N) is 4. The summed E-state index contributed by atoms with van der Waals surface area (Å²) in [5, 5.41) is 82.6. The molecule has 0 aromatic carbocycles. The number of nitrogens with zero attached hydrogens (tertiary/aromatic N) is 2. The molecule has 0 saturated carbocycles. The standard InChI is InChI=1S/C72H128N20O19S3.2C2H4O2/c1-37(2)34-50(65(104)86-49(26-33-114-12)64(103)83-46(22-23-54(74)95)59(98)80-41(8)71(110)111)87-66(105)51(35-38(3)4)88-68(107)53-21-17-30-92(53)70(109)56(42(9)94)91-57(96)40(7)79-60(99)47(24-31-112-10)84-62(101)45(20-16-29-78-72(75)76)81-63(102)48(25-32-113-11)85-61(100)44(18-13-14-27-73)82-67(106)52(36-93)89-69(108)55(39(5)6)90-58(97)43-19-15-28-77-43;2*1-2(3)4/h37-53,55-56,77,93-94H,13-36,73H2,1-12H3,(H2,74,95)(H,79,99)(H,80,98)(H,81,102)(H,82,106)(H,83,103)(H,84,101)(H,85,100)(H,86,104)(H,87,105)(H,88,107)(H,89,108)(H,90,97)(H,91,96)(H,110,111)(H4,75,76,78);2*1H3,(H,3,4)/t40-,41-,42+,43-,44-,45-,46-,47-,48-,49-,50-,51-,52-,53-,55-,56-;;/m0../s1. The number of aliphatic imine (C=N–C) groups is 1. The molecule has 2 saturated heterocycles. The molecular formula is C76H136N20O23S3. The molecule has 2 aliphatic heterocycles. The number of carbonyl (C=O) groups is 18. The van der Waals surface area contributed by atoms with Crippen LogP contribution in [0.1, 0.15) is 179 Å². The molecule has 0 aromatic heterocycles. The predicted octanol–water partition coefficient (Wildman–Crippen LogP) is -4.83. The Balaban J connectivity index is 0.0000175. The summed E-state index contributed by atoms with van der Waals surface area (Å²) < 4.78 is 0. The summed E-state index contributed by atoms with van der Waals surface area (Å²) in [6, 6.07) is -19.8. The second kappa shape index (κ2) is 61.0. The molecule has 122 heavy (non-hydrogen) atoms. The highest BCUT2D eigenvalue weighted by atomic mass is 32.2. The molecule has 0 unspecified atom stereocenters. The largest absolute Gasteiger partial charge is 0.481 e. The lowest BCUT2D eigenvalue weighted by molar-refractivity contribution is -0.144. The first-order chi connectivity index (χ1) is 57.2. The Hall–Kier alpha value is -9.38. The number of aliphatic carboxylic acids is 3. The number of carbonyl (C=O) groups excluding carboxylic acids is 15. The van der Waals surface area contributed by atoms with Crippen molar-refractivity contribution in [3.8, 4) is 0 Å². The third-order valence-electron chi connectivity index (χ3n) is 18.7. The van der Waals surface area contributed by atoms with Crippen LogP contribution in [0.2, 0.25) is 0 Å². The second-order valence-corrected chi connectivity index (χ2v) is 33.7. The van der Waals surface area contributed by atoms with Crippen LogP contribution in [0, 0.1) is 17.8 Å². The fourth-order valence-electron chi connectivity index (χ4n) is 12.2. The van der Waals surface area contributed by atoms with Gasteiger partial charge in [0.05, 0.1) is 18.8 Å². The van der Waals surface area contributed by atoms with E-state index >= 15 is 0 Å². The van der Waals surface area contributed by atoms with Crippen molar-refractivity contribution >= 4 is 148 Å². The molecule has 0 aliphatic carbocycles. The Bertz CT molecular complexity index is 3430. The molecule has 2 rings (SSSR count). The highest BCUT2D eigenvalue weighted by Gasteiger charge is 2.43. The Morgan fingerprint density at radius 2 is 0.844 bits per heavy atom. The van der Waals surface area contributed by atoms with Crippen LogP contribution in [0.3, 0.4) is 0 Å². The number of primary amides is 1. The number of thioether (sulfide) groups is 3. The van der Waals surface area contributed by atoms with Crippen LogP contribution in [0.5, 0.6) is 0 Å². The van der Waals surface area contributed by atoms with E-state index in [0.29, 0.717) is 37.3 Å². The number of rotatable bonds is 55. The zero-order valence-corrected chi connectivity index (χ0v) is 74.9. The number of hydrogen-bond donors (Lipinski definition) is 23. The van der Waals surface area contributed by atoms with Gasteiger partial charge >= 0.3 is 5.97 Å². The summed E-state index contributed by atoms with van der Waals surface area (Å²) >= 11 is 3.99.